The van der Waals surface area contributed by atoms with Gasteiger partial charge in [0.2, 0.25) is 5.88 Å². The van der Waals surface area contributed by atoms with Crippen molar-refractivity contribution in [3.8, 4) is 22.9 Å². The minimum absolute atomic E-state index is 0.462. The summed E-state index contributed by atoms with van der Waals surface area (Å²) in [5, 5.41) is 12.2. The number of hydrogen-bond acceptors (Lipinski definition) is 8. The van der Waals surface area contributed by atoms with Gasteiger partial charge in [-0.2, -0.15) is 10.2 Å². The van der Waals surface area contributed by atoms with E-state index in [1.54, 1.807) is 25.7 Å². The summed E-state index contributed by atoms with van der Waals surface area (Å²) in [5.41, 5.74) is 2.91. The lowest BCUT2D eigenvalue weighted by Crippen LogP contribution is -2.50. The van der Waals surface area contributed by atoms with E-state index in [-0.39, 0.29) is 0 Å². The van der Waals surface area contributed by atoms with Crippen LogP contribution in [0, 0.1) is 0 Å². The monoisotopic (exact) mass is 434 g/mol. The second-order valence-corrected chi connectivity index (χ2v) is 7.75. The summed E-state index contributed by atoms with van der Waals surface area (Å²) in [7, 11) is 3.49. The molecule has 1 aliphatic heterocycles. The van der Waals surface area contributed by atoms with Crippen LogP contribution in [0.1, 0.15) is 13.3 Å². The highest BCUT2D eigenvalue weighted by Gasteiger charge is 2.27. The van der Waals surface area contributed by atoms with E-state index in [2.05, 4.69) is 43.4 Å². The highest BCUT2D eigenvalue weighted by atomic mass is 16.5. The fourth-order valence-corrected chi connectivity index (χ4v) is 3.96. The summed E-state index contributed by atoms with van der Waals surface area (Å²) in [6.45, 7) is 5.08. The van der Waals surface area contributed by atoms with Gasteiger partial charge in [-0.05, 0) is 25.1 Å². The molecule has 0 aliphatic carbocycles. The number of ether oxygens (including phenoxy) is 2. The van der Waals surface area contributed by atoms with Gasteiger partial charge in [0.25, 0.3) is 0 Å². The summed E-state index contributed by atoms with van der Waals surface area (Å²) >= 11 is 0. The molecule has 4 aromatic rings. The van der Waals surface area contributed by atoms with Crippen molar-refractivity contribution < 1.29 is 9.47 Å². The first-order chi connectivity index (χ1) is 15.6. The fraction of sp³-hybridized carbons (Fsp3) is 0.364. The third-order valence-electron chi connectivity index (χ3n) is 5.84. The van der Waals surface area contributed by atoms with Crippen molar-refractivity contribution in [3.63, 3.8) is 0 Å². The van der Waals surface area contributed by atoms with Crippen molar-refractivity contribution in [2.24, 2.45) is 7.05 Å². The Morgan fingerprint density at radius 3 is 2.78 bits per heavy atom. The normalized spacial score (nSPS) is 16.2. The molecular formula is C22H26N8O2. The van der Waals surface area contributed by atoms with Gasteiger partial charge in [0.15, 0.2) is 11.6 Å². The molecule has 1 N–H and O–H groups in total. The number of likely N-dealkylation sites (N-methyl/N-ethyl adjacent to an activating group) is 1. The number of nitrogens with zero attached hydrogens (tertiary/aromatic N) is 7. The van der Waals surface area contributed by atoms with Gasteiger partial charge in [0.05, 0.1) is 31.2 Å². The molecule has 0 amide bonds. The Kier molecular flexibility index (Phi) is 5.36. The van der Waals surface area contributed by atoms with Crippen LogP contribution < -0.4 is 14.8 Å². The maximum atomic E-state index is 6.18. The summed E-state index contributed by atoms with van der Waals surface area (Å²) in [6, 6.07) is 6.53. The molecule has 1 atom stereocenters. The van der Waals surface area contributed by atoms with Crippen molar-refractivity contribution in [1.82, 2.24) is 34.3 Å². The molecule has 10 nitrogen and oxygen atoms in total. The van der Waals surface area contributed by atoms with Crippen molar-refractivity contribution in [2.45, 2.75) is 19.4 Å². The van der Waals surface area contributed by atoms with Gasteiger partial charge in [-0.3, -0.25) is 9.58 Å². The smallest absolute Gasteiger partial charge is 0.232 e. The summed E-state index contributed by atoms with van der Waals surface area (Å²) in [6.07, 6.45) is 8.07. The summed E-state index contributed by atoms with van der Waals surface area (Å²) < 4.78 is 14.9. The van der Waals surface area contributed by atoms with Gasteiger partial charge in [0.1, 0.15) is 18.1 Å². The summed E-state index contributed by atoms with van der Waals surface area (Å²) in [5.74, 6) is 2.52. The van der Waals surface area contributed by atoms with Gasteiger partial charge in [-0.25, -0.2) is 14.5 Å². The van der Waals surface area contributed by atoms with Crippen molar-refractivity contribution in [2.75, 3.05) is 32.1 Å². The SMILES string of the molecule is CCN1CCC1COc1cnn(C)c1-c1ccn2nc(Nc3cnc(OC)cn3)cc2c1. The zero-order valence-electron chi connectivity index (χ0n) is 18.4. The van der Waals surface area contributed by atoms with Crippen LogP contribution in [0.4, 0.5) is 11.6 Å². The zero-order valence-corrected chi connectivity index (χ0v) is 18.4. The highest BCUT2D eigenvalue weighted by molar-refractivity contribution is 5.72. The van der Waals surface area contributed by atoms with Crippen molar-refractivity contribution in [3.05, 3.63) is 43.0 Å². The molecule has 5 heterocycles. The van der Waals surface area contributed by atoms with Crippen LogP contribution >= 0.6 is 0 Å². The molecule has 0 bridgehead atoms. The molecule has 0 radical (unpaired) electrons. The standard InChI is InChI=1S/C22H26N8O2/c1-4-29-7-6-16(29)14-32-18-11-25-28(2)22(18)15-5-8-30-17(9-15)10-19(27-30)26-20-12-24-21(31-3)13-23-20/h5,8-13,16H,4,6-7,14H2,1-3H3,(H,23,26,27). The van der Waals surface area contributed by atoms with Crippen LogP contribution in [0.2, 0.25) is 0 Å². The molecule has 1 fully saturated rings. The molecule has 1 aliphatic rings. The van der Waals surface area contributed by atoms with Crippen LogP contribution in [0.5, 0.6) is 11.6 Å². The quantitative estimate of drug-likeness (QED) is 0.452. The first-order valence-electron chi connectivity index (χ1n) is 10.7. The van der Waals surface area contributed by atoms with E-state index in [0.717, 1.165) is 35.6 Å². The van der Waals surface area contributed by atoms with Crippen LogP contribution in [0.15, 0.2) is 43.0 Å². The Hall–Kier alpha value is -3.66. The summed E-state index contributed by atoms with van der Waals surface area (Å²) in [4.78, 5) is 10.9. The minimum atomic E-state index is 0.462. The Morgan fingerprint density at radius 1 is 1.16 bits per heavy atom. The van der Waals surface area contributed by atoms with E-state index < -0.39 is 0 Å². The maximum Gasteiger partial charge on any atom is 0.232 e. The molecule has 10 heteroatoms. The number of likely N-dealkylation sites (tertiary alicyclic amines) is 1. The van der Waals surface area contributed by atoms with Gasteiger partial charge < -0.3 is 14.8 Å². The third kappa shape index (κ3) is 3.84. The van der Waals surface area contributed by atoms with Crippen LogP contribution in [-0.4, -0.2) is 67.1 Å². The molecule has 5 rings (SSSR count). The van der Waals surface area contributed by atoms with Crippen LogP contribution in [0.25, 0.3) is 16.8 Å². The zero-order chi connectivity index (χ0) is 22.1. The Bertz CT molecular complexity index is 1210. The van der Waals surface area contributed by atoms with Gasteiger partial charge in [-0.1, -0.05) is 6.92 Å². The second kappa shape index (κ2) is 8.46. The first-order valence-corrected chi connectivity index (χ1v) is 10.7. The predicted molar refractivity (Wildman–Crippen MR) is 120 cm³/mol. The van der Waals surface area contributed by atoms with Gasteiger partial charge in [-0.15, -0.1) is 0 Å². The lowest BCUT2D eigenvalue weighted by molar-refractivity contribution is 0.0563. The van der Waals surface area contributed by atoms with Crippen LogP contribution in [-0.2, 0) is 7.05 Å². The number of pyridine rings is 1. The Morgan fingerprint density at radius 2 is 2.06 bits per heavy atom. The topological polar surface area (TPSA) is 94.6 Å². The highest BCUT2D eigenvalue weighted by Crippen LogP contribution is 2.31. The first kappa shape index (κ1) is 20.3. The van der Waals surface area contributed by atoms with Crippen molar-refractivity contribution in [1.29, 1.82) is 0 Å². The average Bonchev–Trinajstić information content (AvgIpc) is 3.35. The number of methoxy groups -OCH3 is 1. The van der Waals surface area contributed by atoms with E-state index in [1.165, 1.54) is 6.42 Å². The minimum Gasteiger partial charge on any atom is -0.488 e. The lowest BCUT2D eigenvalue weighted by Gasteiger charge is -2.39. The number of aryl methyl sites for hydroxylation is 1. The molecule has 4 aromatic heterocycles. The molecule has 0 spiro atoms. The van der Waals surface area contributed by atoms with E-state index in [4.69, 9.17) is 9.47 Å². The van der Waals surface area contributed by atoms with Crippen molar-refractivity contribution >= 4 is 17.2 Å². The maximum absolute atomic E-state index is 6.18. The van der Waals surface area contributed by atoms with E-state index in [9.17, 15) is 0 Å². The second-order valence-electron chi connectivity index (χ2n) is 7.75. The largest absolute Gasteiger partial charge is 0.488 e. The molecule has 1 saturated heterocycles. The number of rotatable bonds is 8. The number of anilines is 2. The molecule has 0 saturated carbocycles. The molecule has 166 valence electrons. The van der Waals surface area contributed by atoms with E-state index >= 15 is 0 Å². The lowest BCUT2D eigenvalue weighted by atomic mass is 10.0. The third-order valence-corrected chi connectivity index (χ3v) is 5.84. The van der Waals surface area contributed by atoms with Gasteiger partial charge >= 0.3 is 0 Å². The number of nitrogens with one attached hydrogen (secondary N) is 1. The number of fused-ring (bicyclic) bond motifs is 1. The molecular weight excluding hydrogens is 408 g/mol. The fourth-order valence-electron chi connectivity index (χ4n) is 3.96. The Labute approximate surface area is 185 Å². The number of hydrogen-bond donors (Lipinski definition) is 1. The predicted octanol–water partition coefficient (Wildman–Crippen LogP) is 2.75. The average molecular weight is 435 g/mol. The Balaban J connectivity index is 1.36. The molecule has 0 aromatic carbocycles. The number of aromatic nitrogens is 6. The van der Waals surface area contributed by atoms with E-state index in [0.29, 0.717) is 30.2 Å². The molecule has 32 heavy (non-hydrogen) atoms. The van der Waals surface area contributed by atoms with Gasteiger partial charge in [0, 0.05) is 37.5 Å². The molecule has 1 unspecified atom stereocenters. The van der Waals surface area contributed by atoms with E-state index in [1.807, 2.05) is 34.6 Å². The van der Waals surface area contributed by atoms with Crippen LogP contribution in [0.3, 0.4) is 0 Å².